The molecule has 0 N–H and O–H groups in total. The molecule has 0 saturated carbocycles. The van der Waals surface area contributed by atoms with Crippen LogP contribution in [0.25, 0.3) is 11.0 Å². The Morgan fingerprint density at radius 1 is 0.950 bits per heavy atom. The van der Waals surface area contributed by atoms with E-state index >= 15 is 0 Å². The standard InChI is InChI=1S/C16H16N4/c1-20(11-9-13-6-4-5-10-17-13)16-12-18-14-7-2-3-8-15(14)19-16/h2-8,10,12H,9,11H2,1H3. The van der Waals surface area contributed by atoms with Gasteiger partial charge in [-0.1, -0.05) is 18.2 Å². The second-order valence-electron chi connectivity index (χ2n) is 4.71. The lowest BCUT2D eigenvalue weighted by Crippen LogP contribution is -2.21. The maximum atomic E-state index is 4.63. The summed E-state index contributed by atoms with van der Waals surface area (Å²) < 4.78 is 0. The van der Waals surface area contributed by atoms with Crippen molar-refractivity contribution in [2.75, 3.05) is 18.5 Å². The fourth-order valence-electron chi connectivity index (χ4n) is 2.07. The molecular weight excluding hydrogens is 248 g/mol. The predicted octanol–water partition coefficient (Wildman–Crippen LogP) is 2.70. The van der Waals surface area contributed by atoms with Gasteiger partial charge in [-0.3, -0.25) is 9.97 Å². The Bertz CT molecular complexity index is 697. The van der Waals surface area contributed by atoms with Crippen LogP contribution in [0.15, 0.2) is 54.9 Å². The number of fused-ring (bicyclic) bond motifs is 1. The molecule has 0 aliphatic rings. The molecule has 3 aromatic rings. The zero-order chi connectivity index (χ0) is 13.8. The molecule has 0 spiro atoms. The van der Waals surface area contributed by atoms with Crippen molar-refractivity contribution in [3.8, 4) is 0 Å². The third-order valence-electron chi connectivity index (χ3n) is 3.26. The van der Waals surface area contributed by atoms with Crippen LogP contribution >= 0.6 is 0 Å². The lowest BCUT2D eigenvalue weighted by molar-refractivity contribution is 0.839. The van der Waals surface area contributed by atoms with Crippen LogP contribution in [0, 0.1) is 0 Å². The Hall–Kier alpha value is -2.49. The molecule has 0 fully saturated rings. The van der Waals surface area contributed by atoms with Crippen molar-refractivity contribution in [1.29, 1.82) is 0 Å². The Kier molecular flexibility index (Phi) is 3.54. The number of pyridine rings is 1. The second kappa shape index (κ2) is 5.65. The Balaban J connectivity index is 1.73. The van der Waals surface area contributed by atoms with Gasteiger partial charge in [0.25, 0.3) is 0 Å². The summed E-state index contributed by atoms with van der Waals surface area (Å²) in [6.45, 7) is 0.865. The number of benzene rings is 1. The van der Waals surface area contributed by atoms with E-state index in [1.165, 1.54) is 0 Å². The van der Waals surface area contributed by atoms with Gasteiger partial charge in [-0.25, -0.2) is 4.98 Å². The minimum Gasteiger partial charge on any atom is -0.358 e. The topological polar surface area (TPSA) is 41.9 Å². The molecule has 3 rings (SSSR count). The predicted molar refractivity (Wildman–Crippen MR) is 80.7 cm³/mol. The van der Waals surface area contributed by atoms with Gasteiger partial charge in [0.1, 0.15) is 5.82 Å². The summed E-state index contributed by atoms with van der Waals surface area (Å²) in [4.78, 5) is 15.5. The molecular formula is C16H16N4. The van der Waals surface area contributed by atoms with E-state index in [4.69, 9.17) is 0 Å². The molecule has 2 aromatic heterocycles. The van der Waals surface area contributed by atoms with Crippen molar-refractivity contribution in [2.24, 2.45) is 0 Å². The van der Waals surface area contributed by atoms with E-state index in [1.807, 2.05) is 61.9 Å². The molecule has 20 heavy (non-hydrogen) atoms. The quantitative estimate of drug-likeness (QED) is 0.726. The van der Waals surface area contributed by atoms with E-state index in [-0.39, 0.29) is 0 Å². The first-order valence-corrected chi connectivity index (χ1v) is 6.66. The maximum absolute atomic E-state index is 4.63. The molecule has 4 heteroatoms. The molecule has 0 aliphatic heterocycles. The van der Waals surface area contributed by atoms with E-state index < -0.39 is 0 Å². The van der Waals surface area contributed by atoms with Crippen LogP contribution in [0.2, 0.25) is 0 Å². The second-order valence-corrected chi connectivity index (χ2v) is 4.71. The third kappa shape index (κ3) is 2.74. The summed E-state index contributed by atoms with van der Waals surface area (Å²) in [5.74, 6) is 0.889. The Morgan fingerprint density at radius 2 is 1.75 bits per heavy atom. The summed E-state index contributed by atoms with van der Waals surface area (Å²) >= 11 is 0. The van der Waals surface area contributed by atoms with Gasteiger partial charge in [0.05, 0.1) is 17.2 Å². The van der Waals surface area contributed by atoms with Gasteiger partial charge < -0.3 is 4.90 Å². The highest BCUT2D eigenvalue weighted by Gasteiger charge is 2.05. The fraction of sp³-hybridized carbons (Fsp3) is 0.188. The van der Waals surface area contributed by atoms with E-state index in [2.05, 4.69) is 19.9 Å². The van der Waals surface area contributed by atoms with Crippen LogP contribution in [0.3, 0.4) is 0 Å². The third-order valence-corrected chi connectivity index (χ3v) is 3.26. The average Bonchev–Trinajstić information content (AvgIpc) is 2.53. The number of hydrogen-bond donors (Lipinski definition) is 0. The Labute approximate surface area is 118 Å². The Morgan fingerprint density at radius 3 is 2.55 bits per heavy atom. The maximum Gasteiger partial charge on any atom is 0.147 e. The number of anilines is 1. The van der Waals surface area contributed by atoms with Crippen LogP contribution in [0.4, 0.5) is 5.82 Å². The summed E-state index contributed by atoms with van der Waals surface area (Å²) in [7, 11) is 2.03. The summed E-state index contributed by atoms with van der Waals surface area (Å²) in [6.07, 6.45) is 4.54. The number of aromatic nitrogens is 3. The van der Waals surface area contributed by atoms with Gasteiger partial charge >= 0.3 is 0 Å². The van der Waals surface area contributed by atoms with E-state index in [1.54, 1.807) is 0 Å². The molecule has 4 nitrogen and oxygen atoms in total. The lowest BCUT2D eigenvalue weighted by atomic mass is 10.2. The largest absolute Gasteiger partial charge is 0.358 e. The number of rotatable bonds is 4. The highest BCUT2D eigenvalue weighted by atomic mass is 15.2. The minimum absolute atomic E-state index is 0.865. The minimum atomic E-state index is 0.865. The molecule has 0 saturated heterocycles. The number of likely N-dealkylation sites (N-methyl/N-ethyl adjacent to an activating group) is 1. The fourth-order valence-corrected chi connectivity index (χ4v) is 2.07. The average molecular weight is 264 g/mol. The summed E-state index contributed by atoms with van der Waals surface area (Å²) in [5.41, 5.74) is 2.94. The van der Waals surface area contributed by atoms with Gasteiger partial charge in [0.2, 0.25) is 0 Å². The van der Waals surface area contributed by atoms with E-state index in [0.717, 1.165) is 35.5 Å². The normalized spacial score (nSPS) is 10.7. The van der Waals surface area contributed by atoms with Gasteiger partial charge in [0, 0.05) is 31.9 Å². The monoisotopic (exact) mass is 264 g/mol. The van der Waals surface area contributed by atoms with Crippen LogP contribution in [0.5, 0.6) is 0 Å². The van der Waals surface area contributed by atoms with Gasteiger partial charge in [-0.15, -0.1) is 0 Å². The van der Waals surface area contributed by atoms with Crippen molar-refractivity contribution in [2.45, 2.75) is 6.42 Å². The highest BCUT2D eigenvalue weighted by Crippen LogP contribution is 2.14. The number of hydrogen-bond acceptors (Lipinski definition) is 4. The zero-order valence-corrected chi connectivity index (χ0v) is 11.4. The summed E-state index contributed by atoms with van der Waals surface area (Å²) in [6, 6.07) is 13.9. The molecule has 0 atom stereocenters. The van der Waals surface area contributed by atoms with Crippen molar-refractivity contribution in [3.63, 3.8) is 0 Å². The van der Waals surface area contributed by atoms with Gasteiger partial charge in [-0.2, -0.15) is 0 Å². The molecule has 0 unspecified atom stereocenters. The molecule has 100 valence electrons. The molecule has 0 bridgehead atoms. The van der Waals surface area contributed by atoms with E-state index in [0.29, 0.717) is 0 Å². The van der Waals surface area contributed by atoms with Crippen LogP contribution in [-0.2, 0) is 6.42 Å². The molecule has 0 aliphatic carbocycles. The summed E-state index contributed by atoms with van der Waals surface area (Å²) in [5, 5.41) is 0. The van der Waals surface area contributed by atoms with Crippen molar-refractivity contribution in [3.05, 3.63) is 60.6 Å². The first kappa shape index (κ1) is 12.5. The lowest BCUT2D eigenvalue weighted by Gasteiger charge is -2.17. The molecule has 0 radical (unpaired) electrons. The SMILES string of the molecule is CN(CCc1ccccn1)c1cnc2ccccc2n1. The molecule has 2 heterocycles. The first-order chi connectivity index (χ1) is 9.83. The van der Waals surface area contributed by atoms with Crippen molar-refractivity contribution in [1.82, 2.24) is 15.0 Å². The van der Waals surface area contributed by atoms with Gasteiger partial charge in [-0.05, 0) is 24.3 Å². The number of nitrogens with zero attached hydrogens (tertiary/aromatic N) is 4. The van der Waals surface area contributed by atoms with Crippen LogP contribution in [-0.4, -0.2) is 28.5 Å². The van der Waals surface area contributed by atoms with Gasteiger partial charge in [0.15, 0.2) is 0 Å². The number of para-hydroxylation sites is 2. The van der Waals surface area contributed by atoms with Crippen molar-refractivity contribution >= 4 is 16.9 Å². The molecule has 0 amide bonds. The van der Waals surface area contributed by atoms with Crippen LogP contribution < -0.4 is 4.90 Å². The van der Waals surface area contributed by atoms with Crippen LogP contribution in [0.1, 0.15) is 5.69 Å². The van der Waals surface area contributed by atoms with E-state index in [9.17, 15) is 0 Å². The highest BCUT2D eigenvalue weighted by molar-refractivity contribution is 5.75. The van der Waals surface area contributed by atoms with Crippen molar-refractivity contribution < 1.29 is 0 Å². The smallest absolute Gasteiger partial charge is 0.147 e. The first-order valence-electron chi connectivity index (χ1n) is 6.66. The molecule has 1 aromatic carbocycles. The zero-order valence-electron chi connectivity index (χ0n) is 11.4.